The maximum Gasteiger partial charge on any atom is 0.191 e. The molecule has 2 N–H and O–H groups in total. The van der Waals surface area contributed by atoms with Crippen molar-refractivity contribution >= 4 is 5.96 Å². The highest BCUT2D eigenvalue weighted by Gasteiger charge is 2.53. The number of hydrogen-bond acceptors (Lipinski definition) is 1. The van der Waals surface area contributed by atoms with E-state index >= 15 is 0 Å². The van der Waals surface area contributed by atoms with Crippen LogP contribution >= 0.6 is 0 Å². The van der Waals surface area contributed by atoms with Crippen molar-refractivity contribution in [2.24, 2.45) is 16.3 Å². The zero-order valence-corrected chi connectivity index (χ0v) is 10.7. The van der Waals surface area contributed by atoms with Gasteiger partial charge < -0.3 is 10.6 Å². The van der Waals surface area contributed by atoms with E-state index in [1.165, 1.54) is 25.7 Å². The fourth-order valence-electron chi connectivity index (χ4n) is 2.37. The van der Waals surface area contributed by atoms with Crippen molar-refractivity contribution in [3.8, 4) is 0 Å². The maximum absolute atomic E-state index is 4.74. The van der Waals surface area contributed by atoms with Gasteiger partial charge in [-0.3, -0.25) is 4.99 Å². The van der Waals surface area contributed by atoms with Gasteiger partial charge in [-0.1, -0.05) is 6.92 Å². The number of guanidine groups is 1. The molecule has 2 saturated carbocycles. The molecule has 0 aromatic carbocycles. The van der Waals surface area contributed by atoms with E-state index in [9.17, 15) is 0 Å². The molecule has 0 bridgehead atoms. The van der Waals surface area contributed by atoms with E-state index in [0.717, 1.165) is 37.9 Å². The summed E-state index contributed by atoms with van der Waals surface area (Å²) in [6, 6.07) is 0. The van der Waals surface area contributed by atoms with Gasteiger partial charge in [-0.2, -0.15) is 0 Å². The van der Waals surface area contributed by atoms with Crippen LogP contribution in [-0.4, -0.2) is 25.6 Å². The molecule has 3 nitrogen and oxygen atoms in total. The second-order valence-corrected chi connectivity index (χ2v) is 5.26. The predicted octanol–water partition coefficient (Wildman–Crippen LogP) is 2.14. The van der Waals surface area contributed by atoms with Crippen molar-refractivity contribution in [3.63, 3.8) is 0 Å². The SMILES string of the molecule is CCCNC(=NCC1(C2CC2)CC1)NCC. The minimum absolute atomic E-state index is 0.620. The zero-order chi connectivity index (χ0) is 11.4. The molecule has 0 saturated heterocycles. The molecule has 0 aromatic rings. The molecule has 2 rings (SSSR count). The first-order valence-corrected chi connectivity index (χ1v) is 6.83. The Morgan fingerprint density at radius 3 is 2.50 bits per heavy atom. The van der Waals surface area contributed by atoms with Crippen LogP contribution < -0.4 is 10.6 Å². The van der Waals surface area contributed by atoms with Crippen LogP contribution in [0, 0.1) is 11.3 Å². The topological polar surface area (TPSA) is 36.4 Å². The highest BCUT2D eigenvalue weighted by Crippen LogP contribution is 2.61. The molecule has 3 heteroatoms. The summed E-state index contributed by atoms with van der Waals surface area (Å²) in [5.41, 5.74) is 0.620. The Kier molecular flexibility index (Phi) is 3.72. The van der Waals surface area contributed by atoms with Gasteiger partial charge in [-0.05, 0) is 50.4 Å². The Hall–Kier alpha value is -0.730. The van der Waals surface area contributed by atoms with E-state index in [1.54, 1.807) is 0 Å². The average molecular weight is 223 g/mol. The van der Waals surface area contributed by atoms with Crippen LogP contribution in [0.4, 0.5) is 0 Å². The molecule has 0 radical (unpaired) electrons. The van der Waals surface area contributed by atoms with Gasteiger partial charge in [-0.15, -0.1) is 0 Å². The highest BCUT2D eigenvalue weighted by atomic mass is 15.2. The molecule has 2 aliphatic rings. The zero-order valence-electron chi connectivity index (χ0n) is 10.7. The second-order valence-electron chi connectivity index (χ2n) is 5.26. The fraction of sp³-hybridized carbons (Fsp3) is 0.923. The van der Waals surface area contributed by atoms with E-state index in [4.69, 9.17) is 4.99 Å². The van der Waals surface area contributed by atoms with Gasteiger partial charge in [0.05, 0.1) is 0 Å². The molecule has 2 aliphatic carbocycles. The number of hydrogen-bond donors (Lipinski definition) is 2. The van der Waals surface area contributed by atoms with E-state index < -0.39 is 0 Å². The summed E-state index contributed by atoms with van der Waals surface area (Å²) in [7, 11) is 0. The Bertz CT molecular complexity index is 252. The van der Waals surface area contributed by atoms with E-state index in [-0.39, 0.29) is 0 Å². The summed E-state index contributed by atoms with van der Waals surface area (Å²) in [5, 5.41) is 6.68. The minimum atomic E-state index is 0.620. The average Bonchev–Trinajstić information content (AvgIpc) is 3.15. The fourth-order valence-corrected chi connectivity index (χ4v) is 2.37. The quantitative estimate of drug-likeness (QED) is 0.534. The molecule has 2 fully saturated rings. The van der Waals surface area contributed by atoms with Gasteiger partial charge in [0.25, 0.3) is 0 Å². The molecule has 0 spiro atoms. The molecule has 0 atom stereocenters. The number of rotatable bonds is 6. The Morgan fingerprint density at radius 1 is 1.25 bits per heavy atom. The van der Waals surface area contributed by atoms with Crippen LogP contribution in [0.15, 0.2) is 4.99 Å². The Balaban J connectivity index is 1.81. The lowest BCUT2D eigenvalue weighted by Gasteiger charge is -2.14. The summed E-state index contributed by atoms with van der Waals surface area (Å²) in [5.74, 6) is 2.02. The maximum atomic E-state index is 4.74. The van der Waals surface area contributed by atoms with Crippen LogP contribution in [0.2, 0.25) is 0 Å². The normalized spacial score (nSPS) is 23.0. The van der Waals surface area contributed by atoms with Gasteiger partial charge >= 0.3 is 0 Å². The summed E-state index contributed by atoms with van der Waals surface area (Å²) in [6.45, 7) is 7.31. The van der Waals surface area contributed by atoms with E-state index in [2.05, 4.69) is 24.5 Å². The van der Waals surface area contributed by atoms with Crippen molar-refractivity contribution in [1.82, 2.24) is 10.6 Å². The van der Waals surface area contributed by atoms with Gasteiger partial charge in [0, 0.05) is 19.6 Å². The second kappa shape index (κ2) is 5.07. The molecular weight excluding hydrogens is 198 g/mol. The molecule has 0 aromatic heterocycles. The third kappa shape index (κ3) is 2.89. The van der Waals surface area contributed by atoms with Crippen LogP contribution in [-0.2, 0) is 0 Å². The third-order valence-electron chi connectivity index (χ3n) is 3.77. The third-order valence-corrected chi connectivity index (χ3v) is 3.77. The molecule has 16 heavy (non-hydrogen) atoms. The Morgan fingerprint density at radius 2 is 2.00 bits per heavy atom. The van der Waals surface area contributed by atoms with Crippen molar-refractivity contribution in [2.45, 2.75) is 46.0 Å². The van der Waals surface area contributed by atoms with Crippen molar-refractivity contribution in [2.75, 3.05) is 19.6 Å². The minimum Gasteiger partial charge on any atom is -0.357 e. The van der Waals surface area contributed by atoms with Gasteiger partial charge in [0.1, 0.15) is 0 Å². The van der Waals surface area contributed by atoms with Crippen molar-refractivity contribution in [3.05, 3.63) is 0 Å². The van der Waals surface area contributed by atoms with Gasteiger partial charge in [0.15, 0.2) is 5.96 Å². The monoisotopic (exact) mass is 223 g/mol. The van der Waals surface area contributed by atoms with Crippen molar-refractivity contribution < 1.29 is 0 Å². The van der Waals surface area contributed by atoms with Gasteiger partial charge in [-0.25, -0.2) is 0 Å². The standard InChI is InChI=1S/C13H25N3/c1-3-9-15-12(14-4-2)16-10-13(7-8-13)11-5-6-11/h11H,3-10H2,1-2H3,(H2,14,15,16). The molecule has 0 heterocycles. The smallest absolute Gasteiger partial charge is 0.191 e. The van der Waals surface area contributed by atoms with Crippen LogP contribution in [0.25, 0.3) is 0 Å². The summed E-state index contributed by atoms with van der Waals surface area (Å²) >= 11 is 0. The number of nitrogens with zero attached hydrogens (tertiary/aromatic N) is 1. The van der Waals surface area contributed by atoms with Crippen LogP contribution in [0.1, 0.15) is 46.0 Å². The Labute approximate surface area is 99.1 Å². The molecule has 92 valence electrons. The lowest BCUT2D eigenvalue weighted by atomic mass is 10.0. The molecule has 0 amide bonds. The predicted molar refractivity (Wildman–Crippen MR) is 68.7 cm³/mol. The molecule has 0 aliphatic heterocycles. The highest BCUT2D eigenvalue weighted by molar-refractivity contribution is 5.79. The number of nitrogens with one attached hydrogen (secondary N) is 2. The summed E-state index contributed by atoms with van der Waals surface area (Å²) in [4.78, 5) is 4.74. The van der Waals surface area contributed by atoms with E-state index in [0.29, 0.717) is 5.41 Å². The summed E-state index contributed by atoms with van der Waals surface area (Å²) in [6.07, 6.45) is 6.88. The van der Waals surface area contributed by atoms with Crippen LogP contribution in [0.5, 0.6) is 0 Å². The first-order valence-electron chi connectivity index (χ1n) is 6.83. The lowest BCUT2D eigenvalue weighted by molar-refractivity contribution is 0.452. The van der Waals surface area contributed by atoms with Crippen LogP contribution in [0.3, 0.4) is 0 Å². The number of aliphatic imine (C=N–C) groups is 1. The summed E-state index contributed by atoms with van der Waals surface area (Å²) < 4.78 is 0. The van der Waals surface area contributed by atoms with E-state index in [1.807, 2.05) is 0 Å². The molecule has 0 unspecified atom stereocenters. The van der Waals surface area contributed by atoms with Crippen molar-refractivity contribution in [1.29, 1.82) is 0 Å². The van der Waals surface area contributed by atoms with Gasteiger partial charge in [0.2, 0.25) is 0 Å². The lowest BCUT2D eigenvalue weighted by Crippen LogP contribution is -2.38. The largest absolute Gasteiger partial charge is 0.357 e. The first-order chi connectivity index (χ1) is 7.80. The molecular formula is C13H25N3. The first kappa shape index (κ1) is 11.7.